The number of benzene rings is 1. The van der Waals surface area contributed by atoms with Gasteiger partial charge in [-0.15, -0.1) is 0 Å². The molecule has 0 aliphatic heterocycles. The van der Waals surface area contributed by atoms with Crippen molar-refractivity contribution in [1.29, 1.82) is 0 Å². The lowest BCUT2D eigenvalue weighted by atomic mass is 10.2. The Balaban J connectivity index is 2.38. The zero-order chi connectivity index (χ0) is 12.5. The van der Waals surface area contributed by atoms with Gasteiger partial charge in [0.1, 0.15) is 0 Å². The zero-order valence-electron chi connectivity index (χ0n) is 9.43. The fraction of sp³-hybridized carbons (Fsp3) is 0.231. The van der Waals surface area contributed by atoms with Gasteiger partial charge in [-0.2, -0.15) is 0 Å². The second-order valence-corrected chi connectivity index (χ2v) is 7.58. The number of allylic oxidation sites excluding steroid dienone is 3. The summed E-state index contributed by atoms with van der Waals surface area (Å²) in [6.07, 6.45) is 6.21. The molecule has 1 aliphatic rings. The highest BCUT2D eigenvalue weighted by molar-refractivity contribution is 14.1. The molecule has 0 heterocycles. The highest BCUT2D eigenvalue weighted by atomic mass is 127. The minimum absolute atomic E-state index is 0.367. The average molecular weight is 360 g/mol. The Hall–Kier alpha value is -0.620. The maximum Gasteiger partial charge on any atom is 0.206 e. The number of aryl methyl sites for hydroxylation is 1. The molecule has 0 saturated heterocycles. The van der Waals surface area contributed by atoms with E-state index in [2.05, 4.69) is 22.6 Å². The number of rotatable bonds is 2. The van der Waals surface area contributed by atoms with Gasteiger partial charge in [0.2, 0.25) is 9.84 Å². The summed E-state index contributed by atoms with van der Waals surface area (Å²) in [5.74, 6) is 0. The summed E-state index contributed by atoms with van der Waals surface area (Å²) >= 11 is 2.29. The van der Waals surface area contributed by atoms with Gasteiger partial charge in [-0.3, -0.25) is 0 Å². The van der Waals surface area contributed by atoms with Gasteiger partial charge >= 0.3 is 0 Å². The Morgan fingerprint density at radius 2 is 1.88 bits per heavy atom. The normalized spacial score (nSPS) is 20.1. The van der Waals surface area contributed by atoms with E-state index in [0.29, 0.717) is 13.7 Å². The highest BCUT2D eigenvalue weighted by Crippen LogP contribution is 2.26. The molecule has 0 fully saturated rings. The van der Waals surface area contributed by atoms with Gasteiger partial charge in [-0.05, 0) is 31.6 Å². The van der Waals surface area contributed by atoms with Crippen LogP contribution in [0.3, 0.4) is 0 Å². The van der Waals surface area contributed by atoms with Crippen LogP contribution in [0.2, 0.25) is 0 Å². The fourth-order valence-electron chi connectivity index (χ4n) is 1.63. The number of halogens is 1. The van der Waals surface area contributed by atoms with Gasteiger partial charge in [0, 0.05) is 3.92 Å². The van der Waals surface area contributed by atoms with E-state index in [0.717, 1.165) is 12.0 Å². The predicted molar refractivity (Wildman–Crippen MR) is 78.0 cm³/mol. The number of sulfone groups is 1. The van der Waals surface area contributed by atoms with E-state index in [9.17, 15) is 8.42 Å². The predicted octanol–water partition coefficient (Wildman–Crippen LogP) is 3.42. The molecule has 0 saturated carbocycles. The van der Waals surface area contributed by atoms with Crippen LogP contribution in [-0.2, 0) is 9.84 Å². The molecule has 1 aliphatic carbocycles. The quantitative estimate of drug-likeness (QED) is 0.598. The van der Waals surface area contributed by atoms with Crippen molar-refractivity contribution in [2.75, 3.05) is 0 Å². The molecule has 1 aromatic rings. The lowest BCUT2D eigenvalue weighted by Gasteiger charge is -2.11. The molecule has 0 N–H and O–H groups in total. The van der Waals surface area contributed by atoms with Crippen molar-refractivity contribution in [3.05, 3.63) is 53.0 Å². The summed E-state index contributed by atoms with van der Waals surface area (Å²) in [4.78, 5) is 0.778. The van der Waals surface area contributed by atoms with E-state index >= 15 is 0 Å². The molecule has 0 radical (unpaired) electrons. The van der Waals surface area contributed by atoms with Crippen LogP contribution in [0.5, 0.6) is 0 Å². The monoisotopic (exact) mass is 360 g/mol. The van der Waals surface area contributed by atoms with Gasteiger partial charge in [0.25, 0.3) is 0 Å². The maximum absolute atomic E-state index is 12.3. The Morgan fingerprint density at radius 3 is 2.41 bits per heavy atom. The summed E-state index contributed by atoms with van der Waals surface area (Å²) in [5.41, 5.74) is 1.06. The van der Waals surface area contributed by atoms with Crippen LogP contribution in [0.15, 0.2) is 52.3 Å². The standard InChI is InChI=1S/C13H13IO2S/c1-10-2-6-12(7-3-10)17(15,16)13-8-4-11(14)5-9-13/h2-4,6-9,11H,5H2,1H3. The topological polar surface area (TPSA) is 34.1 Å². The minimum atomic E-state index is -3.33. The van der Waals surface area contributed by atoms with Crippen molar-refractivity contribution in [3.8, 4) is 0 Å². The van der Waals surface area contributed by atoms with Crippen LogP contribution < -0.4 is 0 Å². The van der Waals surface area contributed by atoms with Crippen LogP contribution in [0.4, 0.5) is 0 Å². The SMILES string of the molecule is Cc1ccc(S(=O)(=O)C2=CCC(I)C=C2)cc1. The first-order valence-electron chi connectivity index (χ1n) is 5.34. The molecule has 2 rings (SSSR count). The van der Waals surface area contributed by atoms with Gasteiger partial charge in [-0.25, -0.2) is 8.42 Å². The van der Waals surface area contributed by atoms with E-state index in [1.807, 2.05) is 25.1 Å². The summed E-state index contributed by atoms with van der Waals surface area (Å²) in [6.45, 7) is 1.94. The first-order valence-corrected chi connectivity index (χ1v) is 8.07. The van der Waals surface area contributed by atoms with Crippen molar-refractivity contribution in [2.45, 2.75) is 22.2 Å². The Morgan fingerprint density at radius 1 is 1.24 bits per heavy atom. The molecule has 0 aromatic heterocycles. The Kier molecular flexibility index (Phi) is 3.73. The van der Waals surface area contributed by atoms with Gasteiger partial charge in [0.05, 0.1) is 9.80 Å². The third-order valence-electron chi connectivity index (χ3n) is 2.66. The molecule has 2 nitrogen and oxygen atoms in total. The van der Waals surface area contributed by atoms with Crippen LogP contribution in [0.25, 0.3) is 0 Å². The van der Waals surface area contributed by atoms with Crippen molar-refractivity contribution < 1.29 is 8.42 Å². The molecule has 17 heavy (non-hydrogen) atoms. The molecule has 0 spiro atoms. The maximum atomic E-state index is 12.3. The van der Waals surface area contributed by atoms with Gasteiger partial charge < -0.3 is 0 Å². The highest BCUT2D eigenvalue weighted by Gasteiger charge is 2.20. The molecule has 0 amide bonds. The summed E-state index contributed by atoms with van der Waals surface area (Å²) in [7, 11) is -3.33. The minimum Gasteiger partial charge on any atom is -0.219 e. The largest absolute Gasteiger partial charge is 0.219 e. The van der Waals surface area contributed by atoms with Gasteiger partial charge in [-0.1, -0.05) is 52.4 Å². The Bertz CT molecular complexity index is 568. The van der Waals surface area contributed by atoms with Crippen molar-refractivity contribution in [2.24, 2.45) is 0 Å². The van der Waals surface area contributed by atoms with Crippen LogP contribution in [0, 0.1) is 6.92 Å². The van der Waals surface area contributed by atoms with Crippen molar-refractivity contribution >= 4 is 32.4 Å². The van der Waals surface area contributed by atoms with E-state index in [4.69, 9.17) is 0 Å². The first kappa shape index (κ1) is 12.8. The van der Waals surface area contributed by atoms with Gasteiger partial charge in [0.15, 0.2) is 0 Å². The molecule has 0 bridgehead atoms. The number of hydrogen-bond acceptors (Lipinski definition) is 2. The molecule has 1 aromatic carbocycles. The summed E-state index contributed by atoms with van der Waals surface area (Å²) in [6, 6.07) is 6.97. The van der Waals surface area contributed by atoms with Crippen LogP contribution >= 0.6 is 22.6 Å². The molecular formula is C13H13IO2S. The summed E-state index contributed by atoms with van der Waals surface area (Å²) in [5, 5.41) is 0. The number of alkyl halides is 1. The van der Waals surface area contributed by atoms with Crippen molar-refractivity contribution in [1.82, 2.24) is 0 Å². The second-order valence-electron chi connectivity index (χ2n) is 4.03. The summed E-state index contributed by atoms with van der Waals surface area (Å²) < 4.78 is 25.0. The Labute approximate surface area is 115 Å². The smallest absolute Gasteiger partial charge is 0.206 e. The number of hydrogen-bond donors (Lipinski definition) is 0. The molecule has 4 heteroatoms. The molecule has 1 unspecified atom stereocenters. The molecule has 1 atom stereocenters. The first-order chi connectivity index (χ1) is 8.00. The average Bonchev–Trinajstić information content (AvgIpc) is 2.30. The molecule has 90 valence electrons. The lowest BCUT2D eigenvalue weighted by Crippen LogP contribution is -2.07. The third kappa shape index (κ3) is 2.80. The van der Waals surface area contributed by atoms with E-state index < -0.39 is 9.84 Å². The fourth-order valence-corrected chi connectivity index (χ4v) is 3.43. The van der Waals surface area contributed by atoms with E-state index in [-0.39, 0.29) is 0 Å². The second kappa shape index (κ2) is 4.94. The molecular weight excluding hydrogens is 347 g/mol. The van der Waals surface area contributed by atoms with Crippen LogP contribution in [0.1, 0.15) is 12.0 Å². The van der Waals surface area contributed by atoms with E-state index in [1.54, 1.807) is 24.3 Å². The third-order valence-corrected chi connectivity index (χ3v) is 5.39. The zero-order valence-corrected chi connectivity index (χ0v) is 12.4. The van der Waals surface area contributed by atoms with Crippen molar-refractivity contribution in [3.63, 3.8) is 0 Å². The van der Waals surface area contributed by atoms with Crippen LogP contribution in [-0.4, -0.2) is 12.3 Å². The lowest BCUT2D eigenvalue weighted by molar-refractivity contribution is 0.602. The van der Waals surface area contributed by atoms with E-state index in [1.165, 1.54) is 0 Å².